The predicted octanol–water partition coefficient (Wildman–Crippen LogP) is 4.31. The lowest BCUT2D eigenvalue weighted by Gasteiger charge is -2.22. The molecule has 2 aromatic carbocycles. The van der Waals surface area contributed by atoms with E-state index in [9.17, 15) is 13.2 Å². The van der Waals surface area contributed by atoms with E-state index in [1.807, 2.05) is 43.3 Å². The van der Waals surface area contributed by atoms with Gasteiger partial charge < -0.3 is 5.32 Å². The van der Waals surface area contributed by atoms with Crippen molar-refractivity contribution in [2.24, 2.45) is 0 Å². The van der Waals surface area contributed by atoms with E-state index in [1.165, 1.54) is 0 Å². The second-order valence-electron chi connectivity index (χ2n) is 4.89. The molecule has 0 amide bonds. The summed E-state index contributed by atoms with van der Waals surface area (Å²) in [6.45, 7) is 2.23. The lowest BCUT2D eigenvalue weighted by Crippen LogP contribution is -2.44. The fourth-order valence-electron chi connectivity index (χ4n) is 2.31. The molecule has 4 heteroatoms. The summed E-state index contributed by atoms with van der Waals surface area (Å²) < 4.78 is 39.2. The molecule has 0 radical (unpaired) electrons. The number of rotatable bonds is 5. The molecule has 0 spiro atoms. The van der Waals surface area contributed by atoms with E-state index in [4.69, 9.17) is 0 Å². The van der Waals surface area contributed by atoms with Crippen molar-refractivity contribution in [3.63, 3.8) is 0 Å². The zero-order valence-corrected chi connectivity index (χ0v) is 11.4. The van der Waals surface area contributed by atoms with Crippen LogP contribution in [0.4, 0.5) is 13.2 Å². The number of hydrogen-bond donors (Lipinski definition) is 1. The Morgan fingerprint density at radius 3 is 2.45 bits per heavy atom. The van der Waals surface area contributed by atoms with Gasteiger partial charge in [-0.1, -0.05) is 49.4 Å². The highest BCUT2D eigenvalue weighted by atomic mass is 19.4. The first-order valence-electron chi connectivity index (χ1n) is 6.79. The average molecular weight is 281 g/mol. The zero-order chi connectivity index (χ0) is 14.6. The van der Waals surface area contributed by atoms with Gasteiger partial charge in [0.15, 0.2) is 0 Å². The van der Waals surface area contributed by atoms with Crippen LogP contribution in [0.25, 0.3) is 10.8 Å². The van der Waals surface area contributed by atoms with Gasteiger partial charge >= 0.3 is 6.18 Å². The third-order valence-corrected chi connectivity index (χ3v) is 3.34. The van der Waals surface area contributed by atoms with Crippen molar-refractivity contribution in [2.45, 2.75) is 32.0 Å². The van der Waals surface area contributed by atoms with Gasteiger partial charge in [-0.05, 0) is 35.7 Å². The van der Waals surface area contributed by atoms with Gasteiger partial charge in [-0.3, -0.25) is 0 Å². The van der Waals surface area contributed by atoms with E-state index in [0.29, 0.717) is 13.0 Å². The van der Waals surface area contributed by atoms with Gasteiger partial charge in [-0.15, -0.1) is 0 Å². The number of alkyl halides is 3. The monoisotopic (exact) mass is 281 g/mol. The molecule has 0 aromatic heterocycles. The Morgan fingerprint density at radius 1 is 1.05 bits per heavy atom. The van der Waals surface area contributed by atoms with Crippen molar-refractivity contribution >= 4 is 10.8 Å². The molecule has 0 bridgehead atoms. The molecule has 0 aliphatic carbocycles. The van der Waals surface area contributed by atoms with Gasteiger partial charge in [0.1, 0.15) is 6.04 Å². The van der Waals surface area contributed by atoms with Crippen LogP contribution in [0, 0.1) is 0 Å². The highest BCUT2D eigenvalue weighted by molar-refractivity contribution is 5.85. The minimum atomic E-state index is -4.23. The van der Waals surface area contributed by atoms with E-state index in [2.05, 4.69) is 5.32 Å². The molecule has 0 fully saturated rings. The van der Waals surface area contributed by atoms with Gasteiger partial charge in [0.25, 0.3) is 0 Å². The van der Waals surface area contributed by atoms with Gasteiger partial charge in [-0.25, -0.2) is 0 Å². The standard InChI is InChI=1S/C16H18F3N/c1-2-10-20-15(16(17,18)19)11-13-8-5-7-12-6-3-4-9-14(12)13/h3-9,15,20H,2,10-11H2,1H3. The van der Waals surface area contributed by atoms with Crippen molar-refractivity contribution in [1.82, 2.24) is 5.32 Å². The highest BCUT2D eigenvalue weighted by Crippen LogP contribution is 2.26. The maximum atomic E-state index is 13.1. The molecule has 0 aliphatic rings. The summed E-state index contributed by atoms with van der Waals surface area (Å²) in [5.74, 6) is 0. The van der Waals surface area contributed by atoms with Gasteiger partial charge in [0.2, 0.25) is 0 Å². The molecule has 0 saturated heterocycles. The van der Waals surface area contributed by atoms with Gasteiger partial charge in [-0.2, -0.15) is 13.2 Å². The van der Waals surface area contributed by atoms with Gasteiger partial charge in [0, 0.05) is 0 Å². The summed E-state index contributed by atoms with van der Waals surface area (Å²) >= 11 is 0. The first-order valence-corrected chi connectivity index (χ1v) is 6.79. The Labute approximate surface area is 116 Å². The lowest BCUT2D eigenvalue weighted by atomic mass is 9.98. The first kappa shape index (κ1) is 14.9. The molecule has 1 unspecified atom stereocenters. The molecule has 1 atom stereocenters. The molecule has 20 heavy (non-hydrogen) atoms. The maximum absolute atomic E-state index is 13.1. The van der Waals surface area contributed by atoms with Crippen molar-refractivity contribution in [3.8, 4) is 0 Å². The summed E-state index contributed by atoms with van der Waals surface area (Å²) in [7, 11) is 0. The van der Waals surface area contributed by atoms with Crippen molar-refractivity contribution in [3.05, 3.63) is 48.0 Å². The fourth-order valence-corrected chi connectivity index (χ4v) is 2.31. The van der Waals surface area contributed by atoms with E-state index in [0.717, 1.165) is 16.3 Å². The number of hydrogen-bond acceptors (Lipinski definition) is 1. The van der Waals surface area contributed by atoms with E-state index in [-0.39, 0.29) is 6.42 Å². The normalized spacial score (nSPS) is 13.6. The topological polar surface area (TPSA) is 12.0 Å². The van der Waals surface area contributed by atoms with Crippen LogP contribution in [0.3, 0.4) is 0 Å². The van der Waals surface area contributed by atoms with Crippen LogP contribution in [0.15, 0.2) is 42.5 Å². The molecular weight excluding hydrogens is 263 g/mol. The largest absolute Gasteiger partial charge is 0.404 e. The maximum Gasteiger partial charge on any atom is 0.404 e. The smallest absolute Gasteiger partial charge is 0.306 e. The van der Waals surface area contributed by atoms with E-state index >= 15 is 0 Å². The number of fused-ring (bicyclic) bond motifs is 1. The summed E-state index contributed by atoms with van der Waals surface area (Å²) in [4.78, 5) is 0. The van der Waals surface area contributed by atoms with Crippen LogP contribution >= 0.6 is 0 Å². The fraction of sp³-hybridized carbons (Fsp3) is 0.375. The quantitative estimate of drug-likeness (QED) is 0.861. The Balaban J connectivity index is 2.28. The Bertz CT molecular complexity index is 558. The van der Waals surface area contributed by atoms with Gasteiger partial charge in [0.05, 0.1) is 0 Å². The van der Waals surface area contributed by atoms with Crippen LogP contribution in [0.5, 0.6) is 0 Å². The second kappa shape index (κ2) is 6.27. The molecule has 1 N–H and O–H groups in total. The molecule has 2 rings (SSSR count). The van der Waals surface area contributed by atoms with Crippen LogP contribution < -0.4 is 5.32 Å². The van der Waals surface area contributed by atoms with E-state index in [1.54, 1.807) is 6.07 Å². The molecule has 108 valence electrons. The minimum absolute atomic E-state index is 0.0369. The summed E-state index contributed by atoms with van der Waals surface area (Å²) in [6, 6.07) is 11.5. The second-order valence-corrected chi connectivity index (χ2v) is 4.89. The average Bonchev–Trinajstić information content (AvgIpc) is 2.42. The number of nitrogens with one attached hydrogen (secondary N) is 1. The van der Waals surface area contributed by atoms with Crippen LogP contribution in [0.1, 0.15) is 18.9 Å². The molecule has 0 heterocycles. The molecular formula is C16H18F3N. The summed E-state index contributed by atoms with van der Waals surface area (Å²) in [5, 5.41) is 4.46. The first-order chi connectivity index (χ1) is 9.52. The van der Waals surface area contributed by atoms with Crippen LogP contribution in [0.2, 0.25) is 0 Å². The van der Waals surface area contributed by atoms with Crippen molar-refractivity contribution in [1.29, 1.82) is 0 Å². The third-order valence-electron chi connectivity index (χ3n) is 3.34. The third kappa shape index (κ3) is 3.51. The minimum Gasteiger partial charge on any atom is -0.306 e. The lowest BCUT2D eigenvalue weighted by molar-refractivity contribution is -0.155. The van der Waals surface area contributed by atoms with Crippen molar-refractivity contribution < 1.29 is 13.2 Å². The van der Waals surface area contributed by atoms with E-state index < -0.39 is 12.2 Å². The molecule has 1 nitrogen and oxygen atoms in total. The van der Waals surface area contributed by atoms with Crippen LogP contribution in [-0.4, -0.2) is 18.8 Å². The summed E-state index contributed by atoms with van der Waals surface area (Å²) in [6.07, 6.45) is -3.58. The number of halogens is 3. The Morgan fingerprint density at radius 2 is 1.75 bits per heavy atom. The summed E-state index contributed by atoms with van der Waals surface area (Å²) in [5.41, 5.74) is 0.731. The number of benzene rings is 2. The zero-order valence-electron chi connectivity index (χ0n) is 11.4. The Kier molecular flexibility index (Phi) is 4.65. The SMILES string of the molecule is CCCNC(Cc1cccc2ccccc12)C(F)(F)F. The van der Waals surface area contributed by atoms with Crippen molar-refractivity contribution in [2.75, 3.05) is 6.54 Å². The molecule has 2 aromatic rings. The predicted molar refractivity (Wildman–Crippen MR) is 75.8 cm³/mol. The molecule has 0 saturated carbocycles. The highest BCUT2D eigenvalue weighted by Gasteiger charge is 2.39. The Hall–Kier alpha value is -1.55. The molecule has 0 aliphatic heterocycles. The van der Waals surface area contributed by atoms with Crippen LogP contribution in [-0.2, 0) is 6.42 Å².